The molecular weight excluding hydrogens is 210 g/mol. The Hall–Kier alpha value is -0.120. The van der Waals surface area contributed by atoms with Gasteiger partial charge in [0, 0.05) is 44.3 Å². The van der Waals surface area contributed by atoms with Gasteiger partial charge in [-0.1, -0.05) is 13.8 Å². The quantitative estimate of drug-likeness (QED) is 0.765. The van der Waals surface area contributed by atoms with Crippen LogP contribution in [0.3, 0.4) is 0 Å². The lowest BCUT2D eigenvalue weighted by molar-refractivity contribution is 0.0696. The molecule has 0 radical (unpaired) electrons. The molecule has 0 amide bonds. The Labute approximate surface area is 108 Å². The van der Waals surface area contributed by atoms with Crippen molar-refractivity contribution in [2.75, 3.05) is 32.7 Å². The zero-order chi connectivity index (χ0) is 12.8. The molecule has 0 aromatic rings. The summed E-state index contributed by atoms with van der Waals surface area (Å²) in [7, 11) is 0. The van der Waals surface area contributed by atoms with Crippen molar-refractivity contribution in [1.82, 2.24) is 15.1 Å². The van der Waals surface area contributed by atoms with Crippen molar-refractivity contribution in [2.24, 2.45) is 0 Å². The van der Waals surface area contributed by atoms with Crippen molar-refractivity contribution in [3.05, 3.63) is 0 Å². The van der Waals surface area contributed by atoms with E-state index in [1.165, 1.54) is 32.6 Å². The summed E-state index contributed by atoms with van der Waals surface area (Å²) in [5.41, 5.74) is 0. The monoisotopic (exact) mass is 241 g/mol. The van der Waals surface area contributed by atoms with Crippen LogP contribution in [0.2, 0.25) is 0 Å². The molecule has 1 aliphatic heterocycles. The second-order valence-electron chi connectivity index (χ2n) is 5.48. The minimum Gasteiger partial charge on any atom is -0.313 e. The first-order chi connectivity index (χ1) is 8.10. The number of nitrogens with zero attached hydrogens (tertiary/aromatic N) is 2. The topological polar surface area (TPSA) is 18.5 Å². The average molecular weight is 241 g/mol. The van der Waals surface area contributed by atoms with Gasteiger partial charge in [-0.25, -0.2) is 0 Å². The largest absolute Gasteiger partial charge is 0.313 e. The van der Waals surface area contributed by atoms with E-state index in [9.17, 15) is 0 Å². The van der Waals surface area contributed by atoms with E-state index in [0.717, 1.165) is 6.54 Å². The van der Waals surface area contributed by atoms with Crippen LogP contribution in [-0.4, -0.2) is 60.6 Å². The molecule has 17 heavy (non-hydrogen) atoms. The second-order valence-corrected chi connectivity index (χ2v) is 5.48. The predicted molar refractivity (Wildman–Crippen MR) is 75.5 cm³/mol. The van der Waals surface area contributed by atoms with Crippen LogP contribution in [0.4, 0.5) is 0 Å². The third-order valence-corrected chi connectivity index (χ3v) is 4.14. The van der Waals surface area contributed by atoms with Gasteiger partial charge >= 0.3 is 0 Å². The van der Waals surface area contributed by atoms with Gasteiger partial charge in [-0.15, -0.1) is 0 Å². The van der Waals surface area contributed by atoms with E-state index < -0.39 is 0 Å². The smallest absolute Gasteiger partial charge is 0.0222 e. The average Bonchev–Trinajstić information content (AvgIpc) is 2.35. The highest BCUT2D eigenvalue weighted by molar-refractivity contribution is 4.84. The SMILES string of the molecule is CCNC(CC)C(C)N1CCN(C(C)C)CC1. The van der Waals surface area contributed by atoms with Crippen LogP contribution in [0.15, 0.2) is 0 Å². The Morgan fingerprint density at radius 1 is 0.941 bits per heavy atom. The van der Waals surface area contributed by atoms with Gasteiger partial charge in [-0.2, -0.15) is 0 Å². The van der Waals surface area contributed by atoms with E-state index in [0.29, 0.717) is 18.1 Å². The number of rotatable bonds is 6. The Morgan fingerprint density at radius 2 is 1.47 bits per heavy atom. The number of hydrogen-bond donors (Lipinski definition) is 1. The van der Waals surface area contributed by atoms with Crippen LogP contribution in [-0.2, 0) is 0 Å². The maximum atomic E-state index is 3.61. The molecule has 1 fully saturated rings. The summed E-state index contributed by atoms with van der Waals surface area (Å²) in [6.45, 7) is 17.4. The summed E-state index contributed by atoms with van der Waals surface area (Å²) in [4.78, 5) is 5.23. The van der Waals surface area contributed by atoms with Crippen molar-refractivity contribution >= 4 is 0 Å². The van der Waals surface area contributed by atoms with Gasteiger partial charge in [-0.05, 0) is 33.7 Å². The van der Waals surface area contributed by atoms with Gasteiger partial charge in [0.25, 0.3) is 0 Å². The fourth-order valence-corrected chi connectivity index (χ4v) is 2.83. The highest BCUT2D eigenvalue weighted by Gasteiger charge is 2.26. The van der Waals surface area contributed by atoms with E-state index in [4.69, 9.17) is 0 Å². The first-order valence-corrected chi connectivity index (χ1v) is 7.31. The van der Waals surface area contributed by atoms with Crippen LogP contribution in [0.5, 0.6) is 0 Å². The van der Waals surface area contributed by atoms with E-state index in [2.05, 4.69) is 49.7 Å². The third-order valence-electron chi connectivity index (χ3n) is 4.14. The number of likely N-dealkylation sites (N-methyl/N-ethyl adjacent to an activating group) is 1. The first-order valence-electron chi connectivity index (χ1n) is 7.31. The van der Waals surface area contributed by atoms with E-state index in [1.54, 1.807) is 0 Å². The Morgan fingerprint density at radius 3 is 1.88 bits per heavy atom. The van der Waals surface area contributed by atoms with Crippen LogP contribution in [0.1, 0.15) is 41.0 Å². The molecule has 1 N–H and O–H groups in total. The molecule has 0 aromatic heterocycles. The minimum absolute atomic E-state index is 0.644. The van der Waals surface area contributed by atoms with E-state index in [1.807, 2.05) is 0 Å². The normalized spacial score (nSPS) is 22.9. The Kier molecular flexibility index (Phi) is 6.45. The standard InChI is InChI=1S/C14H31N3/c1-6-14(15-7-2)13(5)17-10-8-16(9-11-17)12(3)4/h12-15H,6-11H2,1-5H3. The minimum atomic E-state index is 0.644. The van der Waals surface area contributed by atoms with Crippen LogP contribution < -0.4 is 5.32 Å². The van der Waals surface area contributed by atoms with Crippen molar-refractivity contribution in [3.8, 4) is 0 Å². The molecule has 3 heteroatoms. The maximum Gasteiger partial charge on any atom is 0.0222 e. The molecule has 0 aliphatic carbocycles. The molecular formula is C14H31N3. The van der Waals surface area contributed by atoms with Gasteiger partial charge in [0.1, 0.15) is 0 Å². The molecule has 102 valence electrons. The highest BCUT2D eigenvalue weighted by atomic mass is 15.3. The van der Waals surface area contributed by atoms with Crippen molar-refractivity contribution in [1.29, 1.82) is 0 Å². The van der Waals surface area contributed by atoms with Crippen molar-refractivity contribution < 1.29 is 0 Å². The fourth-order valence-electron chi connectivity index (χ4n) is 2.83. The summed E-state index contributed by atoms with van der Waals surface area (Å²) >= 11 is 0. The summed E-state index contributed by atoms with van der Waals surface area (Å²) in [6, 6.07) is 2.00. The number of nitrogens with one attached hydrogen (secondary N) is 1. The molecule has 0 spiro atoms. The number of hydrogen-bond acceptors (Lipinski definition) is 3. The molecule has 2 unspecified atom stereocenters. The fraction of sp³-hybridized carbons (Fsp3) is 1.00. The summed E-state index contributed by atoms with van der Waals surface area (Å²) in [6.07, 6.45) is 1.22. The van der Waals surface area contributed by atoms with Gasteiger partial charge in [0.05, 0.1) is 0 Å². The van der Waals surface area contributed by atoms with E-state index in [-0.39, 0.29) is 0 Å². The Bertz CT molecular complexity index is 198. The number of piperazine rings is 1. The van der Waals surface area contributed by atoms with Gasteiger partial charge < -0.3 is 5.32 Å². The molecule has 0 aromatic carbocycles. The molecule has 1 rings (SSSR count). The zero-order valence-corrected chi connectivity index (χ0v) is 12.4. The molecule has 1 aliphatic rings. The molecule has 0 saturated carbocycles. The van der Waals surface area contributed by atoms with Crippen LogP contribution in [0.25, 0.3) is 0 Å². The Balaban J connectivity index is 2.41. The van der Waals surface area contributed by atoms with Crippen LogP contribution >= 0.6 is 0 Å². The summed E-state index contributed by atoms with van der Waals surface area (Å²) < 4.78 is 0. The lowest BCUT2D eigenvalue weighted by Gasteiger charge is -2.42. The maximum absolute atomic E-state index is 3.61. The molecule has 2 atom stereocenters. The zero-order valence-electron chi connectivity index (χ0n) is 12.4. The highest BCUT2D eigenvalue weighted by Crippen LogP contribution is 2.12. The second kappa shape index (κ2) is 7.34. The molecule has 0 bridgehead atoms. The van der Waals surface area contributed by atoms with Crippen molar-refractivity contribution in [3.63, 3.8) is 0 Å². The molecule has 3 nitrogen and oxygen atoms in total. The van der Waals surface area contributed by atoms with Crippen LogP contribution in [0, 0.1) is 0 Å². The molecule has 1 saturated heterocycles. The lowest BCUT2D eigenvalue weighted by atomic mass is 10.0. The lowest BCUT2D eigenvalue weighted by Crippen LogP contribution is -2.56. The first kappa shape index (κ1) is 14.9. The van der Waals surface area contributed by atoms with Gasteiger partial charge in [0.2, 0.25) is 0 Å². The third kappa shape index (κ3) is 4.23. The summed E-state index contributed by atoms with van der Waals surface area (Å²) in [5.74, 6) is 0. The molecule has 1 heterocycles. The van der Waals surface area contributed by atoms with Crippen molar-refractivity contribution in [2.45, 2.75) is 59.2 Å². The predicted octanol–water partition coefficient (Wildman–Crippen LogP) is 1.79. The van der Waals surface area contributed by atoms with Gasteiger partial charge in [-0.3, -0.25) is 9.80 Å². The van der Waals surface area contributed by atoms with Gasteiger partial charge in [0.15, 0.2) is 0 Å². The van der Waals surface area contributed by atoms with E-state index >= 15 is 0 Å². The summed E-state index contributed by atoms with van der Waals surface area (Å²) in [5, 5.41) is 3.61.